The van der Waals surface area contributed by atoms with Crippen LogP contribution in [-0.4, -0.2) is 68.2 Å². The van der Waals surface area contributed by atoms with Crippen LogP contribution in [0.25, 0.3) is 11.1 Å². The molecule has 0 bridgehead atoms. The number of halogens is 2. The maximum Gasteiger partial charge on any atom is 0.339 e. The topological polar surface area (TPSA) is 154 Å². The fraction of sp³-hybridized carbons (Fsp3) is 0.263. The number of rotatable bonds is 5. The number of carboxylic acid groups (broad SMARTS) is 2. The van der Waals surface area contributed by atoms with Crippen LogP contribution in [0.4, 0.5) is 8.78 Å². The van der Waals surface area contributed by atoms with E-state index >= 15 is 0 Å². The monoisotopic (exact) mass is 426 g/mol. The molecule has 0 amide bonds. The van der Waals surface area contributed by atoms with Gasteiger partial charge >= 0.3 is 11.9 Å². The van der Waals surface area contributed by atoms with E-state index in [0.29, 0.717) is 6.07 Å². The molecule has 2 aromatic carbocycles. The van der Waals surface area contributed by atoms with E-state index in [1.807, 2.05) is 0 Å². The summed E-state index contributed by atoms with van der Waals surface area (Å²) in [6, 6.07) is 6.13. The van der Waals surface area contributed by atoms with Crippen LogP contribution in [0, 0.1) is 11.6 Å². The van der Waals surface area contributed by atoms with Crippen LogP contribution >= 0.6 is 0 Å². The molecule has 1 aliphatic rings. The SMILES string of the molecule is O=C(O)c1cc(-c2ccc(F)cc2F)ccc1O[C@@H]1O[C@H](C(=O)O)[C@@H](O)[C@@H](O)[C@H]1O. The quantitative estimate of drug-likeness (QED) is 0.462. The van der Waals surface area contributed by atoms with Crippen LogP contribution in [0.2, 0.25) is 0 Å². The van der Waals surface area contributed by atoms with Crippen molar-refractivity contribution in [2.24, 2.45) is 0 Å². The summed E-state index contributed by atoms with van der Waals surface area (Å²) in [6.45, 7) is 0. The molecule has 2 aromatic rings. The van der Waals surface area contributed by atoms with Crippen molar-refractivity contribution >= 4 is 11.9 Å². The number of carboxylic acids is 2. The molecule has 1 fully saturated rings. The van der Waals surface area contributed by atoms with E-state index in [-0.39, 0.29) is 16.9 Å². The van der Waals surface area contributed by atoms with Crippen molar-refractivity contribution in [3.05, 3.63) is 53.6 Å². The van der Waals surface area contributed by atoms with Crippen LogP contribution < -0.4 is 4.74 Å². The zero-order valence-electron chi connectivity index (χ0n) is 15.0. The lowest BCUT2D eigenvalue weighted by atomic mass is 9.98. The molecule has 1 saturated heterocycles. The summed E-state index contributed by atoms with van der Waals surface area (Å²) in [4.78, 5) is 22.8. The van der Waals surface area contributed by atoms with Gasteiger partial charge in [0.25, 0.3) is 0 Å². The number of benzene rings is 2. The number of aromatic carboxylic acids is 1. The van der Waals surface area contributed by atoms with Gasteiger partial charge in [0.05, 0.1) is 0 Å². The molecule has 5 N–H and O–H groups in total. The van der Waals surface area contributed by atoms with Crippen molar-refractivity contribution < 1.29 is 53.4 Å². The fourth-order valence-electron chi connectivity index (χ4n) is 2.97. The first-order chi connectivity index (χ1) is 14.1. The molecule has 0 aromatic heterocycles. The van der Waals surface area contributed by atoms with Gasteiger partial charge in [0.15, 0.2) is 6.10 Å². The van der Waals surface area contributed by atoms with Crippen molar-refractivity contribution in [3.8, 4) is 16.9 Å². The molecular weight excluding hydrogens is 410 g/mol. The first-order valence-electron chi connectivity index (χ1n) is 8.52. The van der Waals surface area contributed by atoms with Crippen LogP contribution in [0.5, 0.6) is 5.75 Å². The molecule has 0 radical (unpaired) electrons. The number of aliphatic hydroxyl groups is 3. The minimum absolute atomic E-state index is 0.0797. The number of ether oxygens (including phenoxy) is 2. The number of aliphatic hydroxyl groups excluding tert-OH is 3. The minimum atomic E-state index is -1.94. The number of carbonyl (C=O) groups is 2. The molecule has 1 heterocycles. The van der Waals surface area contributed by atoms with Gasteiger partial charge in [0.2, 0.25) is 6.29 Å². The van der Waals surface area contributed by atoms with Crippen LogP contribution in [0.15, 0.2) is 36.4 Å². The summed E-state index contributed by atoms with van der Waals surface area (Å²) >= 11 is 0. The number of hydrogen-bond acceptors (Lipinski definition) is 7. The Morgan fingerprint density at radius 1 is 0.933 bits per heavy atom. The summed E-state index contributed by atoms with van der Waals surface area (Å²) in [6.07, 6.45) is -9.54. The predicted molar refractivity (Wildman–Crippen MR) is 93.7 cm³/mol. The fourth-order valence-corrected chi connectivity index (χ4v) is 2.97. The van der Waals surface area contributed by atoms with Crippen LogP contribution in [0.1, 0.15) is 10.4 Å². The van der Waals surface area contributed by atoms with Gasteiger partial charge < -0.3 is 35.0 Å². The number of aliphatic carboxylic acids is 1. The third-order valence-electron chi connectivity index (χ3n) is 4.51. The summed E-state index contributed by atoms with van der Waals surface area (Å²) in [5.74, 6) is -5.26. The molecule has 1 aliphatic heterocycles. The van der Waals surface area contributed by atoms with Crippen LogP contribution in [0.3, 0.4) is 0 Å². The Balaban J connectivity index is 1.94. The van der Waals surface area contributed by atoms with Gasteiger partial charge in [-0.1, -0.05) is 6.07 Å². The normalized spacial score (nSPS) is 26.2. The molecule has 5 atom stereocenters. The molecule has 30 heavy (non-hydrogen) atoms. The van der Waals surface area contributed by atoms with E-state index in [1.165, 1.54) is 6.07 Å². The smallest absolute Gasteiger partial charge is 0.339 e. The van der Waals surface area contributed by atoms with Crippen molar-refractivity contribution in [2.45, 2.75) is 30.7 Å². The third-order valence-corrected chi connectivity index (χ3v) is 4.51. The first kappa shape index (κ1) is 21.6. The zero-order valence-corrected chi connectivity index (χ0v) is 15.0. The Bertz CT molecular complexity index is 980. The zero-order chi connectivity index (χ0) is 22.2. The Hall–Kier alpha value is -3.12. The van der Waals surface area contributed by atoms with E-state index in [9.17, 15) is 38.8 Å². The second kappa shape index (κ2) is 8.32. The molecule has 0 saturated carbocycles. The van der Waals surface area contributed by atoms with Crippen molar-refractivity contribution in [1.82, 2.24) is 0 Å². The highest BCUT2D eigenvalue weighted by Gasteiger charge is 2.48. The highest BCUT2D eigenvalue weighted by Crippen LogP contribution is 2.31. The molecule has 0 aliphatic carbocycles. The standard InChI is InChI=1S/C19H16F2O9/c20-8-2-3-9(11(21)6-8)7-1-4-12(10(5-7)17(25)26)29-19-15(24)13(22)14(23)16(30-19)18(27)28/h1-6,13-16,19,22-24H,(H,25,26)(H,27,28)/t13-,14+,15-,16+,19-/m1/s1. The van der Waals surface area contributed by atoms with Crippen LogP contribution in [-0.2, 0) is 9.53 Å². The summed E-state index contributed by atoms with van der Waals surface area (Å²) in [5, 5.41) is 48.0. The van der Waals surface area contributed by atoms with Gasteiger partial charge in [-0.2, -0.15) is 0 Å². The van der Waals surface area contributed by atoms with E-state index in [0.717, 1.165) is 24.3 Å². The highest BCUT2D eigenvalue weighted by molar-refractivity contribution is 5.92. The average molecular weight is 426 g/mol. The second-order valence-electron chi connectivity index (χ2n) is 6.49. The Labute approximate surface area is 167 Å². The first-order valence-corrected chi connectivity index (χ1v) is 8.52. The second-order valence-corrected chi connectivity index (χ2v) is 6.49. The van der Waals surface area contributed by atoms with Gasteiger partial charge in [-0.15, -0.1) is 0 Å². The van der Waals surface area contributed by atoms with Gasteiger partial charge in [0, 0.05) is 11.6 Å². The van der Waals surface area contributed by atoms with Gasteiger partial charge in [-0.3, -0.25) is 0 Å². The van der Waals surface area contributed by atoms with E-state index in [4.69, 9.17) is 14.6 Å². The molecule has 0 unspecified atom stereocenters. The van der Waals surface area contributed by atoms with Crippen molar-refractivity contribution in [1.29, 1.82) is 0 Å². The van der Waals surface area contributed by atoms with Gasteiger partial charge in [-0.25, -0.2) is 18.4 Å². The van der Waals surface area contributed by atoms with Gasteiger partial charge in [0.1, 0.15) is 41.3 Å². The summed E-state index contributed by atoms with van der Waals surface area (Å²) in [5.41, 5.74) is -0.496. The van der Waals surface area contributed by atoms with E-state index < -0.39 is 59.8 Å². The van der Waals surface area contributed by atoms with E-state index in [2.05, 4.69) is 0 Å². The predicted octanol–water partition coefficient (Wildman–Crippen LogP) is 0.601. The molecule has 11 heteroatoms. The molecule has 0 spiro atoms. The summed E-state index contributed by atoms with van der Waals surface area (Å²) in [7, 11) is 0. The molecule has 160 valence electrons. The maximum atomic E-state index is 14.0. The third kappa shape index (κ3) is 4.09. The summed E-state index contributed by atoms with van der Waals surface area (Å²) < 4.78 is 37.3. The molecule has 3 rings (SSSR count). The Kier molecular flexibility index (Phi) is 5.99. The van der Waals surface area contributed by atoms with Crippen molar-refractivity contribution in [2.75, 3.05) is 0 Å². The average Bonchev–Trinajstić information content (AvgIpc) is 2.68. The lowest BCUT2D eigenvalue weighted by molar-refractivity contribution is -0.271. The van der Waals surface area contributed by atoms with Gasteiger partial charge in [-0.05, 0) is 29.8 Å². The van der Waals surface area contributed by atoms with E-state index in [1.54, 1.807) is 0 Å². The molecule has 9 nitrogen and oxygen atoms in total. The minimum Gasteiger partial charge on any atom is -0.479 e. The Morgan fingerprint density at radius 2 is 1.63 bits per heavy atom. The molecular formula is C19H16F2O9. The highest BCUT2D eigenvalue weighted by atomic mass is 19.1. The largest absolute Gasteiger partial charge is 0.479 e. The number of hydrogen-bond donors (Lipinski definition) is 5. The van der Waals surface area contributed by atoms with Crippen molar-refractivity contribution in [3.63, 3.8) is 0 Å². The lowest BCUT2D eigenvalue weighted by Gasteiger charge is -2.38. The lowest BCUT2D eigenvalue weighted by Crippen LogP contribution is -2.61. The Morgan fingerprint density at radius 3 is 2.23 bits per heavy atom. The maximum absolute atomic E-state index is 14.0.